The Kier molecular flexibility index (Phi) is 7.79. The highest BCUT2D eigenvalue weighted by molar-refractivity contribution is 6.37. The van der Waals surface area contributed by atoms with Crippen molar-refractivity contribution in [1.29, 1.82) is 0 Å². The van der Waals surface area contributed by atoms with Gasteiger partial charge in [-0.25, -0.2) is 0 Å². The number of fused-ring (bicyclic) bond motifs is 1. The third kappa shape index (κ3) is 5.59. The van der Waals surface area contributed by atoms with Crippen LogP contribution in [0.5, 0.6) is 11.5 Å². The van der Waals surface area contributed by atoms with Gasteiger partial charge < -0.3 is 29.9 Å². The number of carbonyl (C=O) groups is 2. The molecule has 1 aliphatic rings. The number of ether oxygens (including phenoxy) is 2. The van der Waals surface area contributed by atoms with E-state index < -0.39 is 0 Å². The van der Waals surface area contributed by atoms with Crippen LogP contribution in [0.4, 0.5) is 17.1 Å². The summed E-state index contributed by atoms with van der Waals surface area (Å²) in [6, 6.07) is 20.9. The molecule has 0 bridgehead atoms. The molecule has 1 aliphatic heterocycles. The van der Waals surface area contributed by atoms with Crippen LogP contribution in [0.25, 0.3) is 11.3 Å². The molecule has 0 spiro atoms. The molecule has 0 saturated carbocycles. The molecule has 0 fully saturated rings. The lowest BCUT2D eigenvalue weighted by atomic mass is 9.99. The number of nitrogens with zero attached hydrogens (tertiary/aromatic N) is 2. The lowest BCUT2D eigenvalue weighted by Crippen LogP contribution is -2.35. The Balaban J connectivity index is 1.75. The maximum absolute atomic E-state index is 13.2. The Morgan fingerprint density at radius 1 is 0.919 bits per heavy atom. The van der Waals surface area contributed by atoms with Gasteiger partial charge in [0, 0.05) is 43.0 Å². The highest BCUT2D eigenvalue weighted by atomic mass is 16.5. The Morgan fingerprint density at radius 2 is 1.57 bits per heavy atom. The zero-order chi connectivity index (χ0) is 26.5. The number of methoxy groups -OCH3 is 2. The summed E-state index contributed by atoms with van der Waals surface area (Å²) in [5, 5.41) is 6.40. The summed E-state index contributed by atoms with van der Waals surface area (Å²) < 4.78 is 10.9. The summed E-state index contributed by atoms with van der Waals surface area (Å²) in [6.07, 6.45) is 0. The largest absolute Gasteiger partial charge is 0.493 e. The first-order chi connectivity index (χ1) is 17.8. The third-order valence-electron chi connectivity index (χ3n) is 6.18. The highest BCUT2D eigenvalue weighted by Crippen LogP contribution is 2.43. The number of hydrogen-bond donors (Lipinski definition) is 2. The molecule has 0 unspecified atom stereocenters. The monoisotopic (exact) mass is 500 g/mol. The minimum absolute atomic E-state index is 0.0155. The minimum Gasteiger partial charge on any atom is -0.493 e. The molecule has 4 rings (SSSR count). The van der Waals surface area contributed by atoms with Gasteiger partial charge in [-0.2, -0.15) is 0 Å². The standard InChI is InChI=1S/C29H32N4O4/c1-19(34)33(16-15-32(2)3)22-13-11-21(12-14-22)30-28(20-9-7-6-8-10-20)27-23-17-25(36-4)26(37-5)18-24(23)31-29(27)35/h6-14,17-18,30H,15-16H2,1-5H3,(H,31,35). The number of nitrogens with one attached hydrogen (secondary N) is 2. The molecular formula is C29H32N4O4. The Morgan fingerprint density at radius 3 is 2.16 bits per heavy atom. The van der Waals surface area contributed by atoms with Crippen LogP contribution < -0.4 is 25.0 Å². The molecule has 192 valence electrons. The van der Waals surface area contributed by atoms with E-state index in [1.165, 1.54) is 0 Å². The molecule has 0 radical (unpaired) electrons. The summed E-state index contributed by atoms with van der Waals surface area (Å²) in [5.74, 6) is 0.837. The minimum atomic E-state index is -0.222. The molecule has 3 aromatic carbocycles. The molecule has 0 atom stereocenters. The molecule has 2 N–H and O–H groups in total. The normalized spacial score (nSPS) is 13.6. The average Bonchev–Trinajstić information content (AvgIpc) is 3.21. The highest BCUT2D eigenvalue weighted by Gasteiger charge is 2.30. The van der Waals surface area contributed by atoms with E-state index in [0.717, 1.165) is 29.0 Å². The van der Waals surface area contributed by atoms with Crippen LogP contribution in [0.2, 0.25) is 0 Å². The quantitative estimate of drug-likeness (QED) is 0.420. The number of benzene rings is 3. The van der Waals surface area contributed by atoms with Crippen LogP contribution in [0.1, 0.15) is 18.1 Å². The van der Waals surface area contributed by atoms with E-state index in [1.54, 1.807) is 32.1 Å². The van der Waals surface area contributed by atoms with Gasteiger partial charge in [-0.15, -0.1) is 0 Å². The van der Waals surface area contributed by atoms with Gasteiger partial charge in [0.05, 0.1) is 31.2 Å². The maximum Gasteiger partial charge on any atom is 0.258 e. The second kappa shape index (κ2) is 11.2. The van der Waals surface area contributed by atoms with Crippen molar-refractivity contribution in [3.63, 3.8) is 0 Å². The van der Waals surface area contributed by atoms with Crippen molar-refractivity contribution in [3.05, 3.63) is 77.9 Å². The number of carbonyl (C=O) groups excluding carboxylic acids is 2. The Bertz CT molecular complexity index is 1320. The van der Waals surface area contributed by atoms with Gasteiger partial charge in [0.15, 0.2) is 11.5 Å². The van der Waals surface area contributed by atoms with Crippen LogP contribution in [-0.4, -0.2) is 58.1 Å². The summed E-state index contributed by atoms with van der Waals surface area (Å²) >= 11 is 0. The molecule has 3 aromatic rings. The predicted octanol–water partition coefficient (Wildman–Crippen LogP) is 4.55. The van der Waals surface area contributed by atoms with Crippen LogP contribution in [0, 0.1) is 0 Å². The van der Waals surface area contributed by atoms with Crippen molar-refractivity contribution in [3.8, 4) is 11.5 Å². The summed E-state index contributed by atoms with van der Waals surface area (Å²) in [7, 11) is 7.09. The van der Waals surface area contributed by atoms with Gasteiger partial charge in [-0.1, -0.05) is 30.3 Å². The summed E-state index contributed by atoms with van der Waals surface area (Å²) in [6.45, 7) is 2.92. The molecule has 0 saturated heterocycles. The lowest BCUT2D eigenvalue weighted by Gasteiger charge is -2.23. The predicted molar refractivity (Wildman–Crippen MR) is 148 cm³/mol. The molecular weight excluding hydrogens is 468 g/mol. The molecule has 1 heterocycles. The second-order valence-corrected chi connectivity index (χ2v) is 8.97. The number of hydrogen-bond acceptors (Lipinski definition) is 6. The van der Waals surface area contributed by atoms with Gasteiger partial charge in [0.2, 0.25) is 5.91 Å². The Hall–Kier alpha value is -4.30. The first-order valence-electron chi connectivity index (χ1n) is 12.0. The molecule has 37 heavy (non-hydrogen) atoms. The van der Waals surface area contributed by atoms with Gasteiger partial charge in [-0.3, -0.25) is 9.59 Å². The average molecular weight is 501 g/mol. The fraction of sp³-hybridized carbons (Fsp3) is 0.241. The topological polar surface area (TPSA) is 83.1 Å². The lowest BCUT2D eigenvalue weighted by molar-refractivity contribution is -0.116. The van der Waals surface area contributed by atoms with E-state index in [2.05, 4.69) is 10.6 Å². The van der Waals surface area contributed by atoms with Crippen molar-refractivity contribution in [1.82, 2.24) is 4.90 Å². The Labute approximate surface area is 217 Å². The van der Waals surface area contributed by atoms with Crippen LogP contribution in [0.15, 0.2) is 66.7 Å². The van der Waals surface area contributed by atoms with E-state index >= 15 is 0 Å². The summed E-state index contributed by atoms with van der Waals surface area (Å²) in [4.78, 5) is 29.3. The molecule has 8 heteroatoms. The van der Waals surface area contributed by atoms with Crippen molar-refractivity contribution in [2.75, 3.05) is 56.9 Å². The van der Waals surface area contributed by atoms with Gasteiger partial charge in [-0.05, 0) is 50.0 Å². The molecule has 0 aromatic heterocycles. The number of anilines is 3. The van der Waals surface area contributed by atoms with E-state index in [0.29, 0.717) is 35.0 Å². The van der Waals surface area contributed by atoms with Crippen molar-refractivity contribution < 1.29 is 19.1 Å². The van der Waals surface area contributed by atoms with Gasteiger partial charge in [0.1, 0.15) is 0 Å². The molecule has 0 aliphatic carbocycles. The van der Waals surface area contributed by atoms with E-state index in [9.17, 15) is 9.59 Å². The van der Waals surface area contributed by atoms with Crippen LogP contribution >= 0.6 is 0 Å². The first-order valence-corrected chi connectivity index (χ1v) is 12.0. The van der Waals surface area contributed by atoms with Crippen molar-refractivity contribution in [2.45, 2.75) is 6.92 Å². The second-order valence-electron chi connectivity index (χ2n) is 8.97. The number of likely N-dealkylation sites (N-methyl/N-ethyl adjacent to an activating group) is 1. The molecule has 8 nitrogen and oxygen atoms in total. The van der Waals surface area contributed by atoms with E-state index in [1.807, 2.05) is 79.7 Å². The van der Waals surface area contributed by atoms with Crippen LogP contribution in [0.3, 0.4) is 0 Å². The fourth-order valence-electron chi connectivity index (χ4n) is 4.27. The molecule has 2 amide bonds. The number of rotatable bonds is 9. The zero-order valence-electron chi connectivity index (χ0n) is 21.8. The van der Waals surface area contributed by atoms with E-state index in [-0.39, 0.29) is 11.8 Å². The summed E-state index contributed by atoms with van der Waals surface area (Å²) in [5.41, 5.74) is 4.99. The fourth-order valence-corrected chi connectivity index (χ4v) is 4.27. The van der Waals surface area contributed by atoms with E-state index in [4.69, 9.17) is 9.47 Å². The SMILES string of the molecule is COc1cc2c(cc1OC)C(=C(Nc1ccc(N(CCN(C)C)C(C)=O)cc1)c1ccccc1)C(=O)N2. The smallest absolute Gasteiger partial charge is 0.258 e. The van der Waals surface area contributed by atoms with Crippen molar-refractivity contribution in [2.24, 2.45) is 0 Å². The first kappa shape index (κ1) is 25.8. The maximum atomic E-state index is 13.2. The van der Waals surface area contributed by atoms with Crippen LogP contribution in [-0.2, 0) is 9.59 Å². The third-order valence-corrected chi connectivity index (χ3v) is 6.18. The van der Waals surface area contributed by atoms with Crippen molar-refractivity contribution >= 4 is 40.1 Å². The zero-order valence-corrected chi connectivity index (χ0v) is 21.8. The van der Waals surface area contributed by atoms with Gasteiger partial charge >= 0.3 is 0 Å². The number of amides is 2. The van der Waals surface area contributed by atoms with Gasteiger partial charge in [0.25, 0.3) is 5.91 Å².